The smallest absolute Gasteiger partial charge is 0.164 e. The minimum absolute atomic E-state index is 0.502. The predicted molar refractivity (Wildman–Crippen MR) is 70.7 cm³/mol. The van der Waals surface area contributed by atoms with E-state index in [1.165, 1.54) is 0 Å². The van der Waals surface area contributed by atoms with Gasteiger partial charge in [-0.2, -0.15) is 0 Å². The van der Waals surface area contributed by atoms with E-state index < -0.39 is 0 Å². The molecule has 0 atom stereocenters. The molecule has 0 bridgehead atoms. The van der Waals surface area contributed by atoms with Gasteiger partial charge in [0.05, 0.1) is 6.61 Å². The molecule has 17 heavy (non-hydrogen) atoms. The molecule has 0 unspecified atom stereocenters. The maximum absolute atomic E-state index is 5.75. The zero-order valence-electron chi connectivity index (χ0n) is 10.7. The molecule has 0 aliphatic heterocycles. The summed E-state index contributed by atoms with van der Waals surface area (Å²) >= 11 is 0. The Kier molecular flexibility index (Phi) is 5.57. The topological polar surface area (TPSA) is 44.5 Å². The third kappa shape index (κ3) is 4.11. The molecule has 2 N–H and O–H groups in total. The van der Waals surface area contributed by atoms with Crippen molar-refractivity contribution in [2.75, 3.05) is 19.8 Å². The molecule has 0 saturated carbocycles. The van der Waals surface area contributed by atoms with Crippen LogP contribution < -0.4 is 15.2 Å². The fourth-order valence-corrected chi connectivity index (χ4v) is 1.54. The molecule has 0 heterocycles. The van der Waals surface area contributed by atoms with Gasteiger partial charge in [0.15, 0.2) is 11.5 Å². The van der Waals surface area contributed by atoms with Crippen LogP contribution in [0, 0.1) is 0 Å². The number of hydrogen-bond donors (Lipinski definition) is 1. The lowest BCUT2D eigenvalue weighted by molar-refractivity contribution is 0.291. The number of para-hydroxylation sites is 1. The molecule has 1 aromatic rings. The Hall–Kier alpha value is -1.48. The number of ether oxygens (including phenoxy) is 2. The van der Waals surface area contributed by atoms with Crippen molar-refractivity contribution in [2.45, 2.75) is 20.3 Å². The van der Waals surface area contributed by atoms with Crippen molar-refractivity contribution in [3.05, 3.63) is 35.9 Å². The van der Waals surface area contributed by atoms with Gasteiger partial charge in [-0.3, -0.25) is 0 Å². The molecule has 0 aliphatic rings. The highest BCUT2D eigenvalue weighted by atomic mass is 16.5. The highest BCUT2D eigenvalue weighted by Gasteiger charge is 2.10. The van der Waals surface area contributed by atoms with Gasteiger partial charge < -0.3 is 15.2 Å². The van der Waals surface area contributed by atoms with Crippen LogP contribution in [0.2, 0.25) is 0 Å². The Morgan fingerprint density at radius 2 is 2.12 bits per heavy atom. The summed E-state index contributed by atoms with van der Waals surface area (Å²) in [6.45, 7) is 9.44. The summed E-state index contributed by atoms with van der Waals surface area (Å²) in [6, 6.07) is 5.89. The van der Waals surface area contributed by atoms with Crippen LogP contribution in [-0.4, -0.2) is 19.8 Å². The molecule has 0 spiro atoms. The molecule has 0 aromatic heterocycles. The Labute approximate surface area is 103 Å². The van der Waals surface area contributed by atoms with E-state index in [1.54, 1.807) is 0 Å². The SMILES string of the molecule is C=C(C)COc1c(CCN)cccc1OCC. The van der Waals surface area contributed by atoms with Crippen molar-refractivity contribution in [3.63, 3.8) is 0 Å². The summed E-state index contributed by atoms with van der Waals surface area (Å²) < 4.78 is 11.3. The van der Waals surface area contributed by atoms with Gasteiger partial charge in [0.25, 0.3) is 0 Å². The van der Waals surface area contributed by atoms with Gasteiger partial charge in [0.1, 0.15) is 6.61 Å². The average Bonchev–Trinajstić information content (AvgIpc) is 2.29. The zero-order chi connectivity index (χ0) is 12.7. The van der Waals surface area contributed by atoms with E-state index in [0.29, 0.717) is 19.8 Å². The minimum atomic E-state index is 0.502. The first-order valence-electron chi connectivity index (χ1n) is 5.91. The van der Waals surface area contributed by atoms with Gasteiger partial charge in [-0.1, -0.05) is 18.7 Å². The fraction of sp³-hybridized carbons (Fsp3) is 0.429. The summed E-state index contributed by atoms with van der Waals surface area (Å²) in [7, 11) is 0. The quantitative estimate of drug-likeness (QED) is 0.739. The van der Waals surface area contributed by atoms with Crippen LogP contribution in [0.1, 0.15) is 19.4 Å². The van der Waals surface area contributed by atoms with E-state index in [4.69, 9.17) is 15.2 Å². The number of benzene rings is 1. The van der Waals surface area contributed by atoms with E-state index in [9.17, 15) is 0 Å². The summed E-state index contributed by atoms with van der Waals surface area (Å²) in [4.78, 5) is 0. The molecule has 0 fully saturated rings. The van der Waals surface area contributed by atoms with Gasteiger partial charge >= 0.3 is 0 Å². The maximum atomic E-state index is 5.75. The molecule has 3 nitrogen and oxygen atoms in total. The maximum Gasteiger partial charge on any atom is 0.164 e. The molecule has 1 rings (SSSR count). The molecular weight excluding hydrogens is 214 g/mol. The van der Waals surface area contributed by atoms with Crippen molar-refractivity contribution >= 4 is 0 Å². The number of hydrogen-bond acceptors (Lipinski definition) is 3. The van der Waals surface area contributed by atoms with Crippen LogP contribution in [0.15, 0.2) is 30.4 Å². The van der Waals surface area contributed by atoms with Crippen LogP contribution >= 0.6 is 0 Å². The van der Waals surface area contributed by atoms with Crippen molar-refractivity contribution in [2.24, 2.45) is 5.73 Å². The Morgan fingerprint density at radius 1 is 1.35 bits per heavy atom. The molecule has 94 valence electrons. The van der Waals surface area contributed by atoms with Crippen molar-refractivity contribution < 1.29 is 9.47 Å². The van der Waals surface area contributed by atoms with Crippen LogP contribution in [0.4, 0.5) is 0 Å². The highest BCUT2D eigenvalue weighted by molar-refractivity contribution is 5.47. The molecular formula is C14H21NO2. The Balaban J connectivity index is 2.95. The Morgan fingerprint density at radius 3 is 2.71 bits per heavy atom. The van der Waals surface area contributed by atoms with Gasteiger partial charge in [-0.15, -0.1) is 0 Å². The van der Waals surface area contributed by atoms with Crippen LogP contribution in [0.3, 0.4) is 0 Å². The summed E-state index contributed by atoms with van der Waals surface area (Å²) in [6.07, 6.45) is 0.784. The third-order valence-corrected chi connectivity index (χ3v) is 2.24. The second-order valence-corrected chi connectivity index (χ2v) is 3.96. The van der Waals surface area contributed by atoms with Crippen LogP contribution in [0.5, 0.6) is 11.5 Å². The summed E-state index contributed by atoms with van der Waals surface area (Å²) in [5.41, 5.74) is 7.66. The molecule has 0 saturated heterocycles. The van der Waals surface area contributed by atoms with Crippen LogP contribution in [0.25, 0.3) is 0 Å². The van der Waals surface area contributed by atoms with Crippen molar-refractivity contribution in [3.8, 4) is 11.5 Å². The largest absolute Gasteiger partial charge is 0.490 e. The fourth-order valence-electron chi connectivity index (χ4n) is 1.54. The first-order chi connectivity index (χ1) is 8.19. The molecule has 0 amide bonds. The highest BCUT2D eigenvalue weighted by Crippen LogP contribution is 2.31. The lowest BCUT2D eigenvalue weighted by Gasteiger charge is -2.15. The first kappa shape index (κ1) is 13.6. The normalized spacial score (nSPS) is 10.1. The molecule has 3 heteroatoms. The second-order valence-electron chi connectivity index (χ2n) is 3.96. The van der Waals surface area contributed by atoms with Crippen molar-refractivity contribution in [1.29, 1.82) is 0 Å². The average molecular weight is 235 g/mol. The predicted octanol–water partition coefficient (Wildman–Crippen LogP) is 2.54. The molecule has 0 aliphatic carbocycles. The van der Waals surface area contributed by atoms with Crippen LogP contribution in [-0.2, 0) is 6.42 Å². The van der Waals surface area contributed by atoms with E-state index in [0.717, 1.165) is 29.1 Å². The first-order valence-corrected chi connectivity index (χ1v) is 5.91. The van der Waals surface area contributed by atoms with E-state index in [1.807, 2.05) is 32.0 Å². The molecule has 1 aromatic carbocycles. The number of rotatable bonds is 7. The lowest BCUT2D eigenvalue weighted by Crippen LogP contribution is -2.08. The zero-order valence-corrected chi connectivity index (χ0v) is 10.7. The van der Waals surface area contributed by atoms with Gasteiger partial charge in [-0.05, 0) is 44.0 Å². The van der Waals surface area contributed by atoms with E-state index >= 15 is 0 Å². The summed E-state index contributed by atoms with van der Waals surface area (Å²) in [5.74, 6) is 1.57. The molecule has 0 radical (unpaired) electrons. The summed E-state index contributed by atoms with van der Waals surface area (Å²) in [5, 5.41) is 0. The van der Waals surface area contributed by atoms with Gasteiger partial charge in [-0.25, -0.2) is 0 Å². The third-order valence-electron chi connectivity index (χ3n) is 2.24. The minimum Gasteiger partial charge on any atom is -0.490 e. The standard InChI is InChI=1S/C14H21NO2/c1-4-16-13-7-5-6-12(8-9-15)14(13)17-10-11(2)3/h5-7H,2,4,8-10,15H2,1,3H3. The van der Waals surface area contributed by atoms with Gasteiger partial charge in [0.2, 0.25) is 0 Å². The van der Waals surface area contributed by atoms with Crippen molar-refractivity contribution in [1.82, 2.24) is 0 Å². The van der Waals surface area contributed by atoms with Gasteiger partial charge in [0, 0.05) is 0 Å². The number of nitrogens with two attached hydrogens (primary N) is 1. The van der Waals surface area contributed by atoms with E-state index in [2.05, 4.69) is 6.58 Å². The second kappa shape index (κ2) is 6.97. The Bertz CT molecular complexity index is 350. The van der Waals surface area contributed by atoms with E-state index in [-0.39, 0.29) is 0 Å². The lowest BCUT2D eigenvalue weighted by atomic mass is 10.1. The monoisotopic (exact) mass is 235 g/mol.